The molecule has 0 bridgehead atoms. The van der Waals surface area contributed by atoms with E-state index in [2.05, 4.69) is 4.99 Å². The minimum atomic E-state index is -0.0180. The molecule has 1 amide bonds. The second-order valence-electron chi connectivity index (χ2n) is 4.76. The Morgan fingerprint density at radius 2 is 1.95 bits per heavy atom. The van der Waals surface area contributed by atoms with E-state index >= 15 is 0 Å². The van der Waals surface area contributed by atoms with Crippen LogP contribution in [0.1, 0.15) is 21.5 Å². The van der Waals surface area contributed by atoms with Crippen molar-refractivity contribution >= 4 is 23.1 Å². The Morgan fingerprint density at radius 3 is 2.84 bits per heavy atom. The van der Waals surface area contributed by atoms with Crippen molar-refractivity contribution in [2.45, 2.75) is 6.54 Å². The molecule has 92 valence electrons. The van der Waals surface area contributed by atoms with Crippen LogP contribution in [-0.2, 0) is 6.54 Å². The maximum absolute atomic E-state index is 12.4. The molecule has 2 heterocycles. The Bertz CT molecular complexity index is 749. The summed E-state index contributed by atoms with van der Waals surface area (Å²) in [5.41, 5.74) is 9.88. The molecule has 0 fully saturated rings. The van der Waals surface area contributed by atoms with Crippen molar-refractivity contribution in [1.29, 1.82) is 0 Å². The highest BCUT2D eigenvalue weighted by Crippen LogP contribution is 2.34. The lowest BCUT2D eigenvalue weighted by Crippen LogP contribution is -2.31. The van der Waals surface area contributed by atoms with E-state index in [1.807, 2.05) is 30.3 Å². The van der Waals surface area contributed by atoms with Gasteiger partial charge in [0.2, 0.25) is 0 Å². The zero-order chi connectivity index (χ0) is 13.0. The predicted octanol–water partition coefficient (Wildman–Crippen LogP) is 2.32. The van der Waals surface area contributed by atoms with Gasteiger partial charge in [-0.25, -0.2) is 4.99 Å². The highest BCUT2D eigenvalue weighted by molar-refractivity contribution is 6.24. The standard InChI is InChI=1S/C15H11N3O/c16-10-5-6-11-12(7-10)15(19)18-8-9-3-1-2-4-13(9)17-14(11)18/h1-7H,8,16H2. The van der Waals surface area contributed by atoms with Gasteiger partial charge >= 0.3 is 0 Å². The van der Waals surface area contributed by atoms with Crippen LogP contribution >= 0.6 is 0 Å². The van der Waals surface area contributed by atoms with Gasteiger partial charge in [0, 0.05) is 11.3 Å². The number of nitrogen functional groups attached to an aromatic ring is 1. The molecule has 0 atom stereocenters. The quantitative estimate of drug-likeness (QED) is 0.728. The molecule has 19 heavy (non-hydrogen) atoms. The Hall–Kier alpha value is -2.62. The molecule has 2 N–H and O–H groups in total. The first kappa shape index (κ1) is 10.3. The number of benzene rings is 2. The summed E-state index contributed by atoms with van der Waals surface area (Å²) in [7, 11) is 0. The Balaban J connectivity index is 1.95. The van der Waals surface area contributed by atoms with Crippen LogP contribution in [0.2, 0.25) is 0 Å². The molecule has 0 saturated heterocycles. The highest BCUT2D eigenvalue weighted by Gasteiger charge is 2.36. The lowest BCUT2D eigenvalue weighted by molar-refractivity contribution is 0.0852. The molecular weight excluding hydrogens is 238 g/mol. The normalized spacial score (nSPS) is 15.7. The molecule has 4 heteroatoms. The summed E-state index contributed by atoms with van der Waals surface area (Å²) in [6.45, 7) is 0.572. The van der Waals surface area contributed by atoms with Crippen molar-refractivity contribution in [3.63, 3.8) is 0 Å². The number of anilines is 1. The number of rotatable bonds is 0. The number of amides is 1. The smallest absolute Gasteiger partial charge is 0.260 e. The van der Waals surface area contributed by atoms with Crippen LogP contribution in [0.4, 0.5) is 11.4 Å². The number of carbonyl (C=O) groups is 1. The van der Waals surface area contributed by atoms with E-state index in [4.69, 9.17) is 5.73 Å². The third kappa shape index (κ3) is 1.34. The number of fused-ring (bicyclic) bond motifs is 4. The summed E-state index contributed by atoms with van der Waals surface area (Å²) in [5.74, 6) is 0.717. The van der Waals surface area contributed by atoms with E-state index in [-0.39, 0.29) is 5.91 Å². The minimum absolute atomic E-state index is 0.0180. The second-order valence-corrected chi connectivity index (χ2v) is 4.76. The van der Waals surface area contributed by atoms with Crippen LogP contribution in [0, 0.1) is 0 Å². The van der Waals surface area contributed by atoms with Crippen LogP contribution in [-0.4, -0.2) is 16.6 Å². The maximum Gasteiger partial charge on any atom is 0.260 e. The molecule has 0 radical (unpaired) electrons. The highest BCUT2D eigenvalue weighted by atomic mass is 16.2. The van der Waals surface area contributed by atoms with E-state index in [0.717, 1.165) is 22.6 Å². The van der Waals surface area contributed by atoms with Crippen LogP contribution in [0.5, 0.6) is 0 Å². The van der Waals surface area contributed by atoms with Crippen molar-refractivity contribution in [2.24, 2.45) is 4.99 Å². The van der Waals surface area contributed by atoms with Gasteiger partial charge in [-0.1, -0.05) is 18.2 Å². The van der Waals surface area contributed by atoms with Crippen LogP contribution < -0.4 is 5.73 Å². The van der Waals surface area contributed by atoms with Crippen molar-refractivity contribution in [1.82, 2.24) is 4.90 Å². The number of nitrogens with zero attached hydrogens (tertiary/aromatic N) is 2. The molecule has 0 aliphatic carbocycles. The molecule has 4 nitrogen and oxygen atoms in total. The second kappa shape index (κ2) is 3.45. The molecule has 2 aliphatic rings. The first-order valence-corrected chi connectivity index (χ1v) is 6.12. The first-order chi connectivity index (χ1) is 9.24. The van der Waals surface area contributed by atoms with Gasteiger partial charge in [0.15, 0.2) is 0 Å². The van der Waals surface area contributed by atoms with E-state index < -0.39 is 0 Å². The van der Waals surface area contributed by atoms with Crippen molar-refractivity contribution in [3.8, 4) is 0 Å². The van der Waals surface area contributed by atoms with E-state index in [0.29, 0.717) is 17.8 Å². The Labute approximate surface area is 110 Å². The number of aliphatic imine (C=N–C) groups is 1. The topological polar surface area (TPSA) is 58.7 Å². The minimum Gasteiger partial charge on any atom is -0.399 e. The number of hydrogen-bond donors (Lipinski definition) is 1. The Kier molecular flexibility index (Phi) is 1.87. The summed E-state index contributed by atoms with van der Waals surface area (Å²) >= 11 is 0. The summed E-state index contributed by atoms with van der Waals surface area (Å²) in [6, 6.07) is 13.3. The lowest BCUT2D eigenvalue weighted by atomic mass is 10.1. The Morgan fingerprint density at radius 1 is 1.11 bits per heavy atom. The van der Waals surface area contributed by atoms with Gasteiger partial charge < -0.3 is 5.73 Å². The van der Waals surface area contributed by atoms with Gasteiger partial charge in [0.25, 0.3) is 5.91 Å². The van der Waals surface area contributed by atoms with Gasteiger partial charge in [0.1, 0.15) is 5.84 Å². The number of hydrogen-bond acceptors (Lipinski definition) is 3. The molecular formula is C15H11N3O. The van der Waals surface area contributed by atoms with Crippen molar-refractivity contribution in [2.75, 3.05) is 5.73 Å². The van der Waals surface area contributed by atoms with Gasteiger partial charge in [-0.15, -0.1) is 0 Å². The van der Waals surface area contributed by atoms with Crippen LogP contribution in [0.25, 0.3) is 0 Å². The van der Waals surface area contributed by atoms with Crippen molar-refractivity contribution in [3.05, 3.63) is 59.2 Å². The summed E-state index contributed by atoms with van der Waals surface area (Å²) < 4.78 is 0. The number of amidine groups is 1. The fourth-order valence-electron chi connectivity index (χ4n) is 2.63. The fourth-order valence-corrected chi connectivity index (χ4v) is 2.63. The van der Waals surface area contributed by atoms with E-state index in [1.54, 1.807) is 17.0 Å². The molecule has 4 rings (SSSR count). The molecule has 0 spiro atoms. The molecule has 0 aromatic heterocycles. The average molecular weight is 249 g/mol. The van der Waals surface area contributed by atoms with Crippen molar-refractivity contribution < 1.29 is 4.79 Å². The lowest BCUT2D eigenvalue weighted by Gasteiger charge is -2.23. The van der Waals surface area contributed by atoms with Gasteiger partial charge in [-0.05, 0) is 29.8 Å². The summed E-state index contributed by atoms with van der Waals surface area (Å²) in [6.07, 6.45) is 0. The zero-order valence-corrected chi connectivity index (χ0v) is 10.1. The van der Waals surface area contributed by atoms with Crippen LogP contribution in [0.3, 0.4) is 0 Å². The third-order valence-corrected chi connectivity index (χ3v) is 3.56. The number of para-hydroxylation sites is 1. The molecule has 2 aromatic rings. The maximum atomic E-state index is 12.4. The average Bonchev–Trinajstić information content (AvgIpc) is 2.69. The van der Waals surface area contributed by atoms with Crippen LogP contribution in [0.15, 0.2) is 47.5 Å². The van der Waals surface area contributed by atoms with Gasteiger partial charge in [-0.2, -0.15) is 0 Å². The molecule has 0 unspecified atom stereocenters. The largest absolute Gasteiger partial charge is 0.399 e. The molecule has 0 saturated carbocycles. The number of nitrogens with two attached hydrogens (primary N) is 1. The van der Waals surface area contributed by atoms with E-state index in [1.165, 1.54) is 0 Å². The van der Waals surface area contributed by atoms with Gasteiger partial charge in [-0.3, -0.25) is 9.69 Å². The SMILES string of the molecule is Nc1ccc2c(c1)C(=O)N1Cc3ccccc3N=C21. The van der Waals surface area contributed by atoms with E-state index in [9.17, 15) is 4.79 Å². The zero-order valence-electron chi connectivity index (χ0n) is 10.1. The monoisotopic (exact) mass is 249 g/mol. The summed E-state index contributed by atoms with van der Waals surface area (Å²) in [4.78, 5) is 18.7. The fraction of sp³-hybridized carbons (Fsp3) is 0.0667. The molecule has 2 aliphatic heterocycles. The first-order valence-electron chi connectivity index (χ1n) is 6.12. The number of carbonyl (C=O) groups excluding carboxylic acids is 1. The van der Waals surface area contributed by atoms with Gasteiger partial charge in [0.05, 0.1) is 17.8 Å². The summed E-state index contributed by atoms with van der Waals surface area (Å²) in [5, 5.41) is 0. The molecule has 2 aromatic carbocycles. The predicted molar refractivity (Wildman–Crippen MR) is 73.4 cm³/mol. The third-order valence-electron chi connectivity index (χ3n) is 3.56.